The Morgan fingerprint density at radius 2 is 1.06 bits per heavy atom. The Balaban J connectivity index is 0. The van der Waals surface area contributed by atoms with Gasteiger partial charge < -0.3 is 29.9 Å². The van der Waals surface area contributed by atoms with Gasteiger partial charge in [0.1, 0.15) is 0 Å². The van der Waals surface area contributed by atoms with E-state index in [4.69, 9.17) is 23.8 Å². The van der Waals surface area contributed by atoms with Crippen molar-refractivity contribution < 1.29 is 23.8 Å². The van der Waals surface area contributed by atoms with Gasteiger partial charge in [-0.15, -0.1) is 17.0 Å². The summed E-state index contributed by atoms with van der Waals surface area (Å²) in [6.07, 6.45) is 0. The molecule has 2 saturated heterocycles. The van der Waals surface area contributed by atoms with Gasteiger partial charge in [0.15, 0.2) is 0 Å². The molecular formula is C8H22BrN2O5P. The van der Waals surface area contributed by atoms with Crippen molar-refractivity contribution in [2.75, 3.05) is 52.6 Å². The standard InChI is InChI=1S/2C4H9NO.BrH.H3O3P/c2*1-3-6-4-2-5-1;;1-4(2)3/h2*5H,1-4H2;1H;4H,(H2,1,2,3). The molecule has 0 radical (unpaired) electrons. The van der Waals surface area contributed by atoms with Crippen LogP contribution in [0.15, 0.2) is 0 Å². The number of ether oxygens (including phenoxy) is 2. The van der Waals surface area contributed by atoms with Crippen LogP contribution >= 0.6 is 25.2 Å². The van der Waals surface area contributed by atoms with Gasteiger partial charge in [-0.25, -0.2) is 0 Å². The molecule has 9 heteroatoms. The summed E-state index contributed by atoms with van der Waals surface area (Å²) in [5, 5.41) is 6.32. The maximum absolute atomic E-state index is 8.74. The van der Waals surface area contributed by atoms with Crippen molar-refractivity contribution in [1.29, 1.82) is 0 Å². The second kappa shape index (κ2) is 16.5. The zero-order valence-corrected chi connectivity index (χ0v) is 12.4. The van der Waals surface area contributed by atoms with E-state index in [-0.39, 0.29) is 17.0 Å². The number of hydrogen-bond acceptors (Lipinski definition) is 5. The minimum Gasteiger partial charge on any atom is -0.379 e. The molecule has 0 spiro atoms. The highest BCUT2D eigenvalue weighted by Crippen LogP contribution is 1.98. The van der Waals surface area contributed by atoms with Crippen LogP contribution in [0.4, 0.5) is 0 Å². The Morgan fingerprint density at radius 1 is 0.824 bits per heavy atom. The van der Waals surface area contributed by atoms with Gasteiger partial charge in [-0.3, -0.25) is 4.57 Å². The third kappa shape index (κ3) is 22.2. The summed E-state index contributed by atoms with van der Waals surface area (Å²) in [4.78, 5) is 14.3. The predicted molar refractivity (Wildman–Crippen MR) is 71.1 cm³/mol. The van der Waals surface area contributed by atoms with Crippen molar-refractivity contribution in [2.24, 2.45) is 0 Å². The Bertz CT molecular complexity index is 131. The molecule has 0 amide bonds. The maximum atomic E-state index is 8.74. The fourth-order valence-corrected chi connectivity index (χ4v) is 1.03. The third-order valence-corrected chi connectivity index (χ3v) is 1.69. The lowest BCUT2D eigenvalue weighted by Gasteiger charge is -2.10. The monoisotopic (exact) mass is 336 g/mol. The van der Waals surface area contributed by atoms with Crippen LogP contribution in [0.5, 0.6) is 0 Å². The number of hydrogen-bond donors (Lipinski definition) is 4. The third-order valence-electron chi connectivity index (χ3n) is 1.69. The van der Waals surface area contributed by atoms with Crippen LogP contribution in [0.25, 0.3) is 0 Å². The Morgan fingerprint density at radius 3 is 1.12 bits per heavy atom. The number of halogens is 1. The predicted octanol–water partition coefficient (Wildman–Crippen LogP) is -0.849. The Hall–Kier alpha value is 0.470. The van der Waals surface area contributed by atoms with Crippen molar-refractivity contribution >= 4 is 25.2 Å². The van der Waals surface area contributed by atoms with Gasteiger partial charge >= 0.3 is 8.25 Å². The highest BCUT2D eigenvalue weighted by atomic mass is 79.9. The number of morpholine rings is 2. The normalized spacial score (nSPS) is 19.0. The lowest BCUT2D eigenvalue weighted by Crippen LogP contribution is -2.30. The van der Waals surface area contributed by atoms with Crippen molar-refractivity contribution in [3.8, 4) is 0 Å². The molecule has 17 heavy (non-hydrogen) atoms. The van der Waals surface area contributed by atoms with E-state index in [1.807, 2.05) is 0 Å². The molecule has 0 aromatic heterocycles. The number of rotatable bonds is 0. The highest BCUT2D eigenvalue weighted by Gasteiger charge is 1.93. The van der Waals surface area contributed by atoms with Crippen LogP contribution in [0, 0.1) is 0 Å². The largest absolute Gasteiger partial charge is 0.379 e. The molecule has 2 aliphatic rings. The first-order chi connectivity index (χ1) is 7.73. The molecule has 0 unspecified atom stereocenters. The molecule has 0 atom stereocenters. The van der Waals surface area contributed by atoms with Crippen LogP contribution in [-0.4, -0.2) is 62.4 Å². The molecule has 2 aliphatic heterocycles. The zero-order valence-electron chi connectivity index (χ0n) is 9.68. The van der Waals surface area contributed by atoms with E-state index < -0.39 is 8.25 Å². The van der Waals surface area contributed by atoms with Crippen molar-refractivity contribution in [2.45, 2.75) is 0 Å². The molecule has 0 aromatic carbocycles. The lowest BCUT2D eigenvalue weighted by atomic mass is 10.5. The van der Waals surface area contributed by atoms with Gasteiger partial charge in [-0.2, -0.15) is 0 Å². The second-order valence-corrected chi connectivity index (χ2v) is 3.57. The average Bonchev–Trinajstić information content (AvgIpc) is 2.34. The average molecular weight is 337 g/mol. The van der Waals surface area contributed by atoms with E-state index in [2.05, 4.69) is 10.6 Å². The molecule has 7 nitrogen and oxygen atoms in total. The summed E-state index contributed by atoms with van der Waals surface area (Å²) in [6.45, 7) is 7.67. The minimum absolute atomic E-state index is 0. The van der Waals surface area contributed by atoms with Crippen LogP contribution in [0.3, 0.4) is 0 Å². The summed E-state index contributed by atoms with van der Waals surface area (Å²) in [5.41, 5.74) is 0. The van der Waals surface area contributed by atoms with E-state index in [9.17, 15) is 0 Å². The van der Waals surface area contributed by atoms with Gasteiger partial charge in [0.05, 0.1) is 26.4 Å². The van der Waals surface area contributed by atoms with Gasteiger partial charge in [-0.05, 0) is 0 Å². The summed E-state index contributed by atoms with van der Waals surface area (Å²) < 4.78 is 18.8. The molecule has 0 bridgehead atoms. The SMILES string of the molecule is Br.C1COCCN1.C1COCCN1.O=[PH](O)O. The molecular weight excluding hydrogens is 315 g/mol. The lowest BCUT2D eigenvalue weighted by molar-refractivity contribution is 0.109. The van der Waals surface area contributed by atoms with E-state index in [0.29, 0.717) is 0 Å². The van der Waals surface area contributed by atoms with E-state index in [1.165, 1.54) is 0 Å². The van der Waals surface area contributed by atoms with Gasteiger partial charge in [0.2, 0.25) is 0 Å². The van der Waals surface area contributed by atoms with Crippen molar-refractivity contribution in [3.05, 3.63) is 0 Å². The smallest absolute Gasteiger partial charge is 0.314 e. The Labute approximate surface area is 113 Å². The molecule has 0 aliphatic carbocycles. The molecule has 2 heterocycles. The minimum atomic E-state index is -3.13. The fraction of sp³-hybridized carbons (Fsp3) is 1.00. The highest BCUT2D eigenvalue weighted by molar-refractivity contribution is 8.93. The molecule has 2 fully saturated rings. The van der Waals surface area contributed by atoms with E-state index >= 15 is 0 Å². The van der Waals surface area contributed by atoms with Gasteiger partial charge in [0, 0.05) is 26.2 Å². The van der Waals surface area contributed by atoms with Gasteiger partial charge in [-0.1, -0.05) is 0 Å². The second-order valence-electron chi connectivity index (χ2n) is 3.01. The topological polar surface area (TPSA) is 100 Å². The quantitative estimate of drug-likeness (QED) is 0.427. The molecule has 2 rings (SSSR count). The van der Waals surface area contributed by atoms with E-state index in [1.54, 1.807) is 0 Å². The first kappa shape index (κ1) is 19.8. The molecule has 4 N–H and O–H groups in total. The maximum Gasteiger partial charge on any atom is 0.314 e. The zero-order chi connectivity index (χ0) is 12.1. The van der Waals surface area contributed by atoms with Crippen molar-refractivity contribution in [3.63, 3.8) is 0 Å². The van der Waals surface area contributed by atoms with Gasteiger partial charge in [0.25, 0.3) is 0 Å². The van der Waals surface area contributed by atoms with E-state index in [0.717, 1.165) is 52.6 Å². The fourth-order valence-electron chi connectivity index (χ4n) is 1.03. The Kier molecular flexibility index (Phi) is 19.2. The number of nitrogens with one attached hydrogen (secondary N) is 2. The van der Waals surface area contributed by atoms with Crippen molar-refractivity contribution in [1.82, 2.24) is 10.6 Å². The summed E-state index contributed by atoms with van der Waals surface area (Å²) in [7, 11) is -3.13. The van der Waals surface area contributed by atoms with Crippen LogP contribution in [-0.2, 0) is 14.0 Å². The van der Waals surface area contributed by atoms with Crippen LogP contribution < -0.4 is 10.6 Å². The van der Waals surface area contributed by atoms with Crippen LogP contribution in [0.1, 0.15) is 0 Å². The summed E-state index contributed by atoms with van der Waals surface area (Å²) in [5.74, 6) is 0. The molecule has 106 valence electrons. The first-order valence-corrected chi connectivity index (χ1v) is 6.52. The molecule has 0 aromatic rings. The first-order valence-electron chi connectivity index (χ1n) is 5.22. The summed E-state index contributed by atoms with van der Waals surface area (Å²) in [6, 6.07) is 0. The molecule has 0 saturated carbocycles. The summed E-state index contributed by atoms with van der Waals surface area (Å²) >= 11 is 0. The van der Waals surface area contributed by atoms with Crippen LogP contribution in [0.2, 0.25) is 0 Å².